The molecule has 1 rings (SSSR count). The first-order valence-electron chi connectivity index (χ1n) is 11.5. The number of hydrogen-bond donors (Lipinski definition) is 2. The molecule has 156 valence electrons. The summed E-state index contributed by atoms with van der Waals surface area (Å²) < 4.78 is 0. The van der Waals surface area contributed by atoms with Crippen molar-refractivity contribution in [1.82, 2.24) is 0 Å². The maximum Gasteiger partial charge on any atom is 0.117 e. The summed E-state index contributed by atoms with van der Waals surface area (Å²) in [6.07, 6.45) is 22.2. The highest BCUT2D eigenvalue weighted by atomic mass is 35.5. The lowest BCUT2D eigenvalue weighted by atomic mass is 10.0. The van der Waals surface area contributed by atoms with Crippen molar-refractivity contribution < 1.29 is 5.11 Å². The molecule has 0 bridgehead atoms. The summed E-state index contributed by atoms with van der Waals surface area (Å²) in [5, 5.41) is 13.5. The van der Waals surface area contributed by atoms with Gasteiger partial charge in [-0.05, 0) is 18.6 Å². The highest BCUT2D eigenvalue weighted by Gasteiger charge is 2.00. The molecule has 0 fully saturated rings. The molecule has 2 nitrogen and oxygen atoms in total. The first-order valence-corrected chi connectivity index (χ1v) is 11.8. The van der Waals surface area contributed by atoms with Crippen LogP contribution in [0.4, 0.5) is 5.69 Å². The molecule has 27 heavy (non-hydrogen) atoms. The van der Waals surface area contributed by atoms with E-state index in [-0.39, 0.29) is 5.75 Å². The summed E-state index contributed by atoms with van der Waals surface area (Å²) in [7, 11) is 0. The van der Waals surface area contributed by atoms with Crippen molar-refractivity contribution in [3.8, 4) is 5.75 Å². The summed E-state index contributed by atoms with van der Waals surface area (Å²) in [5.41, 5.74) is 0.831. The van der Waals surface area contributed by atoms with Crippen LogP contribution in [-0.4, -0.2) is 11.7 Å². The van der Waals surface area contributed by atoms with Gasteiger partial charge in [0, 0.05) is 12.6 Å². The van der Waals surface area contributed by atoms with Crippen LogP contribution >= 0.6 is 11.6 Å². The first-order chi connectivity index (χ1) is 13.2. The maximum absolute atomic E-state index is 9.48. The number of anilines is 1. The number of hydrogen-bond acceptors (Lipinski definition) is 2. The monoisotopic (exact) mass is 395 g/mol. The molecule has 2 N–H and O–H groups in total. The predicted molar refractivity (Wildman–Crippen MR) is 121 cm³/mol. The Morgan fingerprint density at radius 2 is 1.15 bits per heavy atom. The van der Waals surface area contributed by atoms with Crippen LogP contribution in [0.15, 0.2) is 18.2 Å². The Bertz CT molecular complexity index is 464. The largest absolute Gasteiger partial charge is 0.508 e. The van der Waals surface area contributed by atoms with Gasteiger partial charge in [-0.2, -0.15) is 0 Å². The van der Waals surface area contributed by atoms with Crippen molar-refractivity contribution >= 4 is 17.3 Å². The van der Waals surface area contributed by atoms with Crippen LogP contribution in [-0.2, 0) is 0 Å². The van der Waals surface area contributed by atoms with E-state index in [0.717, 1.165) is 18.7 Å². The molecule has 0 amide bonds. The zero-order chi connectivity index (χ0) is 19.6. The summed E-state index contributed by atoms with van der Waals surface area (Å²) in [5.74, 6) is 0.258. The Hall–Kier alpha value is -0.890. The average molecular weight is 396 g/mol. The van der Waals surface area contributed by atoms with Crippen LogP contribution in [0.2, 0.25) is 5.02 Å². The Morgan fingerprint density at radius 1 is 0.704 bits per heavy atom. The van der Waals surface area contributed by atoms with Gasteiger partial charge in [-0.1, -0.05) is 115 Å². The third-order valence-corrected chi connectivity index (χ3v) is 5.63. The van der Waals surface area contributed by atoms with E-state index >= 15 is 0 Å². The third kappa shape index (κ3) is 13.9. The van der Waals surface area contributed by atoms with Crippen LogP contribution in [0.3, 0.4) is 0 Å². The van der Waals surface area contributed by atoms with Crippen LogP contribution < -0.4 is 5.32 Å². The van der Waals surface area contributed by atoms with Gasteiger partial charge in [0.25, 0.3) is 0 Å². The molecule has 0 radical (unpaired) electrons. The van der Waals surface area contributed by atoms with Gasteiger partial charge >= 0.3 is 0 Å². The van der Waals surface area contributed by atoms with Gasteiger partial charge in [-0.3, -0.25) is 0 Å². The fraction of sp³-hybridized carbons (Fsp3) is 0.750. The predicted octanol–water partition coefficient (Wildman–Crippen LogP) is 8.72. The van der Waals surface area contributed by atoms with Crippen LogP contribution in [0.25, 0.3) is 0 Å². The molecule has 0 aliphatic rings. The Balaban J connectivity index is 1.78. The molecule has 0 unspecified atom stereocenters. The fourth-order valence-corrected chi connectivity index (χ4v) is 3.73. The SMILES string of the molecule is CCCCCCCCCCCCCCCCCCNc1cc(O)ccc1Cl. The molecule has 0 saturated heterocycles. The second-order valence-corrected chi connectivity index (χ2v) is 8.30. The quantitative estimate of drug-likeness (QED) is 0.243. The molecule has 0 heterocycles. The van der Waals surface area contributed by atoms with Gasteiger partial charge in [-0.15, -0.1) is 0 Å². The van der Waals surface area contributed by atoms with Gasteiger partial charge in [0.15, 0.2) is 0 Å². The van der Waals surface area contributed by atoms with Gasteiger partial charge in [0.05, 0.1) is 10.7 Å². The number of rotatable bonds is 18. The van der Waals surface area contributed by atoms with Crippen LogP contribution in [0, 0.1) is 0 Å². The summed E-state index contributed by atoms with van der Waals surface area (Å²) >= 11 is 6.10. The molecule has 3 heteroatoms. The number of benzene rings is 1. The minimum atomic E-state index is 0.258. The van der Waals surface area contributed by atoms with Crippen molar-refractivity contribution in [2.45, 2.75) is 110 Å². The minimum Gasteiger partial charge on any atom is -0.508 e. The Labute approximate surface area is 173 Å². The van der Waals surface area contributed by atoms with E-state index in [0.29, 0.717) is 5.02 Å². The normalized spacial score (nSPS) is 11.0. The van der Waals surface area contributed by atoms with Crippen LogP contribution in [0.1, 0.15) is 110 Å². The molecule has 0 atom stereocenters. The summed E-state index contributed by atoms with van der Waals surface area (Å²) in [4.78, 5) is 0. The zero-order valence-electron chi connectivity index (χ0n) is 17.6. The molecule has 1 aromatic carbocycles. The minimum absolute atomic E-state index is 0.258. The van der Waals surface area contributed by atoms with E-state index in [4.69, 9.17) is 11.6 Å². The van der Waals surface area contributed by atoms with E-state index in [1.54, 1.807) is 18.2 Å². The molecule has 0 saturated carbocycles. The van der Waals surface area contributed by atoms with Crippen molar-refractivity contribution in [2.75, 3.05) is 11.9 Å². The maximum atomic E-state index is 9.48. The lowest BCUT2D eigenvalue weighted by molar-refractivity contribution is 0.475. The number of nitrogens with one attached hydrogen (secondary N) is 1. The van der Waals surface area contributed by atoms with E-state index in [9.17, 15) is 5.11 Å². The molecule has 0 aliphatic carbocycles. The molecule has 0 aliphatic heterocycles. The highest BCUT2D eigenvalue weighted by molar-refractivity contribution is 6.33. The smallest absolute Gasteiger partial charge is 0.117 e. The van der Waals surface area contributed by atoms with Gasteiger partial charge < -0.3 is 10.4 Å². The van der Waals surface area contributed by atoms with E-state index in [1.807, 2.05) is 0 Å². The van der Waals surface area contributed by atoms with E-state index in [2.05, 4.69) is 12.2 Å². The Morgan fingerprint density at radius 3 is 1.63 bits per heavy atom. The second kappa shape index (κ2) is 17.2. The number of unbranched alkanes of at least 4 members (excludes halogenated alkanes) is 15. The lowest BCUT2D eigenvalue weighted by Gasteiger charge is -2.08. The molecular formula is C24H42ClNO. The number of halogens is 1. The molecule has 0 aromatic heterocycles. The van der Waals surface area contributed by atoms with Gasteiger partial charge in [0.2, 0.25) is 0 Å². The number of aromatic hydroxyl groups is 1. The van der Waals surface area contributed by atoms with E-state index < -0.39 is 0 Å². The van der Waals surface area contributed by atoms with Crippen LogP contribution in [0.5, 0.6) is 5.75 Å². The summed E-state index contributed by atoms with van der Waals surface area (Å²) in [6.45, 7) is 3.20. The fourth-order valence-electron chi connectivity index (χ4n) is 3.54. The van der Waals surface area contributed by atoms with E-state index in [1.165, 1.54) is 96.3 Å². The highest BCUT2D eigenvalue weighted by Crippen LogP contribution is 2.26. The molecular weight excluding hydrogens is 354 g/mol. The standard InChI is InChI=1S/C24H42ClNO/c1-2-3-4-5-6-7-8-9-10-11-12-13-14-15-16-17-20-26-24-21-22(27)18-19-23(24)25/h18-19,21,26-27H,2-17,20H2,1H3. The number of phenols is 1. The van der Waals surface area contributed by atoms with Crippen molar-refractivity contribution in [3.05, 3.63) is 23.2 Å². The zero-order valence-corrected chi connectivity index (χ0v) is 18.3. The Kier molecular flexibility index (Phi) is 15.4. The molecule has 1 aromatic rings. The van der Waals surface area contributed by atoms with Crippen molar-refractivity contribution in [1.29, 1.82) is 0 Å². The van der Waals surface area contributed by atoms with Crippen molar-refractivity contribution in [3.63, 3.8) is 0 Å². The third-order valence-electron chi connectivity index (χ3n) is 5.30. The second-order valence-electron chi connectivity index (χ2n) is 7.89. The average Bonchev–Trinajstić information content (AvgIpc) is 2.67. The topological polar surface area (TPSA) is 32.3 Å². The number of phenolic OH excluding ortho intramolecular Hbond substituents is 1. The first kappa shape index (κ1) is 24.1. The van der Waals surface area contributed by atoms with Gasteiger partial charge in [-0.25, -0.2) is 0 Å². The van der Waals surface area contributed by atoms with Gasteiger partial charge in [0.1, 0.15) is 5.75 Å². The lowest BCUT2D eigenvalue weighted by Crippen LogP contribution is -2.01. The molecule has 0 spiro atoms. The van der Waals surface area contributed by atoms with Crippen molar-refractivity contribution in [2.24, 2.45) is 0 Å². The summed E-state index contributed by atoms with van der Waals surface area (Å²) in [6, 6.07) is 5.03.